The Kier molecular flexibility index (Phi) is 2.87. The van der Waals surface area contributed by atoms with Gasteiger partial charge in [0.05, 0.1) is 11.5 Å². The maximum Gasteiger partial charge on any atom is 0.328 e. The van der Waals surface area contributed by atoms with Gasteiger partial charge in [-0.05, 0) is 13.8 Å². The number of aromatic nitrogens is 2. The van der Waals surface area contributed by atoms with Gasteiger partial charge < -0.3 is 5.73 Å². The molecule has 0 unspecified atom stereocenters. The summed E-state index contributed by atoms with van der Waals surface area (Å²) in [6.07, 6.45) is 3.44. The molecule has 2 N–H and O–H groups in total. The van der Waals surface area contributed by atoms with Gasteiger partial charge in [-0.15, -0.1) is 0 Å². The number of imidazole rings is 1. The molecular formula is C8H13N3OS. The van der Waals surface area contributed by atoms with Crippen molar-refractivity contribution in [1.82, 2.24) is 9.13 Å². The molecule has 0 saturated heterocycles. The Balaban J connectivity index is 3.00. The minimum absolute atomic E-state index is 0.0669. The standard InChI is InChI=1S/C8H13N3OS/c1-6(2)11-4-3-10(8(11)12)5-7(9)13/h3-4,6H,5H2,1-2H3,(H2,9,13). The van der Waals surface area contributed by atoms with Gasteiger partial charge in [-0.1, -0.05) is 12.2 Å². The van der Waals surface area contributed by atoms with E-state index in [0.717, 1.165) is 0 Å². The van der Waals surface area contributed by atoms with Gasteiger partial charge in [-0.2, -0.15) is 0 Å². The molecule has 0 radical (unpaired) electrons. The quantitative estimate of drug-likeness (QED) is 0.722. The topological polar surface area (TPSA) is 52.9 Å². The van der Waals surface area contributed by atoms with Crippen molar-refractivity contribution in [2.24, 2.45) is 5.73 Å². The summed E-state index contributed by atoms with van der Waals surface area (Å²) in [5.41, 5.74) is 5.27. The number of thiocarbonyl (C=S) groups is 1. The van der Waals surface area contributed by atoms with E-state index in [1.807, 2.05) is 13.8 Å². The van der Waals surface area contributed by atoms with E-state index in [-0.39, 0.29) is 11.7 Å². The molecule has 4 nitrogen and oxygen atoms in total. The highest BCUT2D eigenvalue weighted by Crippen LogP contribution is 1.98. The van der Waals surface area contributed by atoms with Crippen LogP contribution in [-0.4, -0.2) is 14.1 Å². The van der Waals surface area contributed by atoms with Crippen LogP contribution in [0.1, 0.15) is 19.9 Å². The molecule has 0 spiro atoms. The van der Waals surface area contributed by atoms with E-state index in [0.29, 0.717) is 11.5 Å². The summed E-state index contributed by atoms with van der Waals surface area (Å²) in [5.74, 6) is 0. The Morgan fingerprint density at radius 1 is 1.62 bits per heavy atom. The van der Waals surface area contributed by atoms with Crippen LogP contribution in [0.2, 0.25) is 0 Å². The predicted octanol–water partition coefficient (Wildman–Crippen LogP) is 0.517. The van der Waals surface area contributed by atoms with Gasteiger partial charge in [0.2, 0.25) is 0 Å². The van der Waals surface area contributed by atoms with Gasteiger partial charge in [-0.25, -0.2) is 4.79 Å². The molecule has 0 atom stereocenters. The first-order valence-electron chi connectivity index (χ1n) is 4.08. The second-order valence-electron chi connectivity index (χ2n) is 3.18. The summed E-state index contributed by atoms with van der Waals surface area (Å²) in [6, 6.07) is 0.167. The Morgan fingerprint density at radius 3 is 2.62 bits per heavy atom. The van der Waals surface area contributed by atoms with E-state index in [1.54, 1.807) is 17.0 Å². The molecule has 1 aromatic rings. The molecule has 0 fully saturated rings. The first-order chi connectivity index (χ1) is 6.02. The number of hydrogen-bond acceptors (Lipinski definition) is 2. The van der Waals surface area contributed by atoms with Crippen molar-refractivity contribution < 1.29 is 0 Å². The third-order valence-corrected chi connectivity index (χ3v) is 1.89. The highest BCUT2D eigenvalue weighted by atomic mass is 32.1. The van der Waals surface area contributed by atoms with Crippen LogP contribution >= 0.6 is 12.2 Å². The Hall–Kier alpha value is -1.10. The smallest absolute Gasteiger partial charge is 0.328 e. The normalized spacial score (nSPS) is 10.7. The minimum atomic E-state index is -0.0669. The molecule has 0 saturated carbocycles. The van der Waals surface area contributed by atoms with Crippen molar-refractivity contribution in [3.8, 4) is 0 Å². The molecule has 0 aliphatic carbocycles. The average Bonchev–Trinajstić information content (AvgIpc) is 2.32. The summed E-state index contributed by atoms with van der Waals surface area (Å²) in [7, 11) is 0. The van der Waals surface area contributed by atoms with Crippen molar-refractivity contribution in [2.45, 2.75) is 26.4 Å². The molecule has 72 valence electrons. The molecular weight excluding hydrogens is 186 g/mol. The van der Waals surface area contributed by atoms with Crippen molar-refractivity contribution in [3.63, 3.8) is 0 Å². The fourth-order valence-electron chi connectivity index (χ4n) is 1.11. The van der Waals surface area contributed by atoms with Crippen LogP contribution in [0.25, 0.3) is 0 Å². The van der Waals surface area contributed by atoms with E-state index < -0.39 is 0 Å². The lowest BCUT2D eigenvalue weighted by Crippen LogP contribution is -2.29. The Morgan fingerprint density at radius 2 is 2.23 bits per heavy atom. The second-order valence-corrected chi connectivity index (χ2v) is 3.70. The lowest BCUT2D eigenvalue weighted by molar-refractivity contribution is 0.564. The van der Waals surface area contributed by atoms with Crippen LogP contribution in [-0.2, 0) is 6.54 Å². The van der Waals surface area contributed by atoms with Gasteiger partial charge in [0.15, 0.2) is 0 Å². The van der Waals surface area contributed by atoms with Crippen LogP contribution in [0.3, 0.4) is 0 Å². The first-order valence-corrected chi connectivity index (χ1v) is 4.48. The zero-order valence-electron chi connectivity index (χ0n) is 7.73. The predicted molar refractivity (Wildman–Crippen MR) is 55.9 cm³/mol. The molecule has 0 bridgehead atoms. The van der Waals surface area contributed by atoms with Crippen LogP contribution in [0, 0.1) is 0 Å². The molecule has 1 heterocycles. The summed E-state index contributed by atoms with van der Waals surface area (Å²) in [6.45, 7) is 4.22. The summed E-state index contributed by atoms with van der Waals surface area (Å²) in [4.78, 5) is 11.9. The van der Waals surface area contributed by atoms with Crippen molar-refractivity contribution in [2.75, 3.05) is 0 Å². The minimum Gasteiger partial charge on any atom is -0.392 e. The van der Waals surface area contributed by atoms with E-state index in [4.69, 9.17) is 18.0 Å². The number of nitrogens with two attached hydrogens (primary N) is 1. The maximum absolute atomic E-state index is 11.6. The first kappa shape index (κ1) is 9.98. The number of nitrogens with zero attached hydrogens (tertiary/aromatic N) is 2. The summed E-state index contributed by atoms with van der Waals surface area (Å²) < 4.78 is 3.14. The SMILES string of the molecule is CC(C)n1ccn(CC(N)=S)c1=O. The zero-order valence-corrected chi connectivity index (χ0v) is 8.54. The third kappa shape index (κ3) is 2.18. The van der Waals surface area contributed by atoms with Crippen molar-refractivity contribution >= 4 is 17.2 Å². The molecule has 0 amide bonds. The average molecular weight is 199 g/mol. The lowest BCUT2D eigenvalue weighted by Gasteiger charge is -2.04. The molecule has 0 aromatic carbocycles. The van der Waals surface area contributed by atoms with E-state index in [2.05, 4.69) is 0 Å². The highest BCUT2D eigenvalue weighted by Gasteiger charge is 2.05. The summed E-state index contributed by atoms with van der Waals surface area (Å²) >= 11 is 4.72. The largest absolute Gasteiger partial charge is 0.392 e. The molecule has 5 heteroatoms. The maximum atomic E-state index is 11.6. The number of rotatable bonds is 3. The van der Waals surface area contributed by atoms with Crippen LogP contribution < -0.4 is 11.4 Å². The zero-order chi connectivity index (χ0) is 10.0. The molecule has 1 aromatic heterocycles. The fourth-order valence-corrected chi connectivity index (χ4v) is 1.25. The fraction of sp³-hybridized carbons (Fsp3) is 0.500. The lowest BCUT2D eigenvalue weighted by atomic mass is 10.4. The van der Waals surface area contributed by atoms with Gasteiger partial charge in [-0.3, -0.25) is 9.13 Å². The van der Waals surface area contributed by atoms with Crippen LogP contribution in [0.15, 0.2) is 17.2 Å². The van der Waals surface area contributed by atoms with Gasteiger partial charge in [0.1, 0.15) is 0 Å². The van der Waals surface area contributed by atoms with Crippen molar-refractivity contribution in [1.29, 1.82) is 0 Å². The number of hydrogen-bond donors (Lipinski definition) is 1. The van der Waals surface area contributed by atoms with Crippen molar-refractivity contribution in [3.05, 3.63) is 22.9 Å². The molecule has 13 heavy (non-hydrogen) atoms. The highest BCUT2D eigenvalue weighted by molar-refractivity contribution is 7.80. The van der Waals surface area contributed by atoms with Crippen LogP contribution in [0.5, 0.6) is 0 Å². The van der Waals surface area contributed by atoms with Gasteiger partial charge in [0.25, 0.3) is 0 Å². The molecule has 0 aliphatic heterocycles. The third-order valence-electron chi connectivity index (χ3n) is 1.76. The summed E-state index contributed by atoms with van der Waals surface area (Å²) in [5, 5.41) is 0. The van der Waals surface area contributed by atoms with Gasteiger partial charge in [0, 0.05) is 18.4 Å². The monoisotopic (exact) mass is 199 g/mol. The molecule has 1 rings (SSSR count). The van der Waals surface area contributed by atoms with E-state index in [9.17, 15) is 4.79 Å². The van der Waals surface area contributed by atoms with Crippen LogP contribution in [0.4, 0.5) is 0 Å². The van der Waals surface area contributed by atoms with Gasteiger partial charge >= 0.3 is 5.69 Å². The Bertz CT molecular complexity index is 364. The Labute approximate surface area is 82.0 Å². The molecule has 0 aliphatic rings. The van der Waals surface area contributed by atoms with E-state index in [1.165, 1.54) is 4.57 Å². The van der Waals surface area contributed by atoms with E-state index >= 15 is 0 Å². The second kappa shape index (κ2) is 3.74.